The lowest BCUT2D eigenvalue weighted by atomic mass is 10.2. The number of carbonyl (C=O) groups is 1. The summed E-state index contributed by atoms with van der Waals surface area (Å²) >= 11 is 0. The molecule has 0 atom stereocenters. The van der Waals surface area contributed by atoms with Crippen molar-refractivity contribution in [3.8, 4) is 0 Å². The van der Waals surface area contributed by atoms with E-state index in [0.29, 0.717) is 6.42 Å². The van der Waals surface area contributed by atoms with Gasteiger partial charge in [0.1, 0.15) is 0 Å². The molecule has 0 aliphatic rings. The van der Waals surface area contributed by atoms with Gasteiger partial charge in [-0.25, -0.2) is 0 Å². The first-order valence-corrected chi connectivity index (χ1v) is 5.20. The van der Waals surface area contributed by atoms with Crippen molar-refractivity contribution >= 4 is 23.8 Å². The van der Waals surface area contributed by atoms with Crippen LogP contribution in [0.3, 0.4) is 0 Å². The van der Waals surface area contributed by atoms with E-state index in [1.165, 1.54) is 0 Å². The summed E-state index contributed by atoms with van der Waals surface area (Å²) in [6.45, 7) is 2.06. The Labute approximate surface area is 99.3 Å². The van der Waals surface area contributed by atoms with Gasteiger partial charge in [-0.3, -0.25) is 4.79 Å². The van der Waals surface area contributed by atoms with Gasteiger partial charge in [-0.05, 0) is 6.42 Å². The Morgan fingerprint density at radius 2 is 1.47 bits per heavy atom. The highest BCUT2D eigenvalue weighted by atomic mass is 16.4. The van der Waals surface area contributed by atoms with Crippen LogP contribution >= 0.6 is 0 Å². The number of hydrogen-bond donors (Lipinski definition) is 4. The zero-order valence-electron chi connectivity index (χ0n) is 9.76. The molecule has 17 heavy (non-hydrogen) atoms. The molecule has 0 aliphatic carbocycles. The number of rotatable bonds is 4. The van der Waals surface area contributed by atoms with Gasteiger partial charge in [0.25, 0.3) is 0 Å². The van der Waals surface area contributed by atoms with Crippen molar-refractivity contribution in [2.75, 3.05) is 17.2 Å². The fourth-order valence-electron chi connectivity index (χ4n) is 0.953. The summed E-state index contributed by atoms with van der Waals surface area (Å²) in [6, 6.07) is 0. The molecular weight excluding hydrogens is 224 g/mol. The number of aliphatic carboxylic acids is 1. The van der Waals surface area contributed by atoms with E-state index in [1.807, 2.05) is 0 Å². The highest BCUT2D eigenvalue weighted by Crippen LogP contribution is 1.97. The molecule has 0 fully saturated rings. The fourth-order valence-corrected chi connectivity index (χ4v) is 0.953. The average molecular weight is 242 g/mol. The van der Waals surface area contributed by atoms with E-state index < -0.39 is 5.97 Å². The quantitative estimate of drug-likeness (QED) is 0.548. The SMILES string of the molecule is CCCCCC(=O)O.Nc1nc(N)nc(N)n1. The second-order valence-electron chi connectivity index (χ2n) is 3.26. The predicted octanol–water partition coefficient (Wildman–Crippen LogP) is 0.270. The van der Waals surface area contributed by atoms with Gasteiger partial charge in [0.2, 0.25) is 17.8 Å². The Morgan fingerprint density at radius 1 is 1.06 bits per heavy atom. The maximum Gasteiger partial charge on any atom is 0.303 e. The summed E-state index contributed by atoms with van der Waals surface area (Å²) in [5, 5.41) is 8.14. The standard InChI is InChI=1S/C6H12O2.C3H6N6/c1-2-3-4-5-6(7)8;4-1-7-2(5)9-3(6)8-1/h2-5H2,1H3,(H,7,8);(H6,4,5,6,7,8,9). The van der Waals surface area contributed by atoms with E-state index in [-0.39, 0.29) is 17.8 Å². The normalized spacial score (nSPS) is 9.24. The molecule has 0 amide bonds. The van der Waals surface area contributed by atoms with Crippen molar-refractivity contribution in [2.45, 2.75) is 32.6 Å². The van der Waals surface area contributed by atoms with Gasteiger partial charge in [-0.2, -0.15) is 15.0 Å². The summed E-state index contributed by atoms with van der Waals surface area (Å²) in [6.07, 6.45) is 3.28. The van der Waals surface area contributed by atoms with E-state index >= 15 is 0 Å². The van der Waals surface area contributed by atoms with Crippen LogP contribution in [0.4, 0.5) is 17.8 Å². The second kappa shape index (κ2) is 8.08. The maximum atomic E-state index is 9.87. The molecule has 0 saturated heterocycles. The number of unbranched alkanes of at least 4 members (excludes halogenated alkanes) is 2. The molecule has 1 rings (SSSR count). The van der Waals surface area contributed by atoms with Gasteiger partial charge in [-0.15, -0.1) is 0 Å². The summed E-state index contributed by atoms with van der Waals surface area (Å²) in [7, 11) is 0. The van der Waals surface area contributed by atoms with Crippen molar-refractivity contribution in [2.24, 2.45) is 0 Å². The van der Waals surface area contributed by atoms with Crippen molar-refractivity contribution in [3.63, 3.8) is 0 Å². The minimum Gasteiger partial charge on any atom is -0.481 e. The van der Waals surface area contributed by atoms with Crippen LogP contribution in [-0.2, 0) is 4.79 Å². The largest absolute Gasteiger partial charge is 0.481 e. The number of carboxylic acids is 1. The maximum absolute atomic E-state index is 9.87. The number of aromatic nitrogens is 3. The number of nitrogens with two attached hydrogens (primary N) is 3. The number of nitrogens with zero attached hydrogens (tertiary/aromatic N) is 3. The summed E-state index contributed by atoms with van der Waals surface area (Å²) in [5.74, 6) is -0.557. The van der Waals surface area contributed by atoms with Crippen LogP contribution < -0.4 is 17.2 Å². The van der Waals surface area contributed by atoms with Crippen LogP contribution in [0.25, 0.3) is 0 Å². The summed E-state index contributed by atoms with van der Waals surface area (Å²) < 4.78 is 0. The summed E-state index contributed by atoms with van der Waals surface area (Å²) in [4.78, 5) is 20.3. The van der Waals surface area contributed by atoms with Crippen molar-refractivity contribution < 1.29 is 9.90 Å². The van der Waals surface area contributed by atoms with Gasteiger partial charge in [0.05, 0.1) is 0 Å². The van der Waals surface area contributed by atoms with E-state index in [9.17, 15) is 4.79 Å². The average Bonchev–Trinajstić information content (AvgIpc) is 2.16. The number of carboxylic acid groups (broad SMARTS) is 1. The molecule has 8 heteroatoms. The third-order valence-corrected chi connectivity index (χ3v) is 1.68. The zero-order valence-corrected chi connectivity index (χ0v) is 9.76. The Balaban J connectivity index is 0.000000304. The number of hydrogen-bond acceptors (Lipinski definition) is 7. The molecule has 0 saturated carbocycles. The van der Waals surface area contributed by atoms with Crippen molar-refractivity contribution in [1.82, 2.24) is 15.0 Å². The molecule has 7 N–H and O–H groups in total. The molecule has 0 unspecified atom stereocenters. The van der Waals surface area contributed by atoms with E-state index in [0.717, 1.165) is 19.3 Å². The molecular formula is C9H18N6O2. The van der Waals surface area contributed by atoms with Gasteiger partial charge in [0.15, 0.2) is 0 Å². The topological polar surface area (TPSA) is 154 Å². The molecule has 0 aliphatic heterocycles. The number of nitrogen functional groups attached to an aromatic ring is 3. The van der Waals surface area contributed by atoms with Crippen LogP contribution in [0.5, 0.6) is 0 Å². The van der Waals surface area contributed by atoms with Crippen LogP contribution in [0.15, 0.2) is 0 Å². The van der Waals surface area contributed by atoms with Gasteiger partial charge >= 0.3 is 5.97 Å². The van der Waals surface area contributed by atoms with Gasteiger partial charge in [-0.1, -0.05) is 19.8 Å². The Morgan fingerprint density at radius 3 is 1.76 bits per heavy atom. The first-order valence-electron chi connectivity index (χ1n) is 5.20. The minimum atomic E-state index is -0.682. The predicted molar refractivity (Wildman–Crippen MR) is 64.8 cm³/mol. The highest BCUT2D eigenvalue weighted by molar-refractivity contribution is 5.66. The molecule has 0 spiro atoms. The lowest BCUT2D eigenvalue weighted by Crippen LogP contribution is -2.05. The smallest absolute Gasteiger partial charge is 0.303 e. The van der Waals surface area contributed by atoms with Gasteiger partial charge in [0, 0.05) is 6.42 Å². The first kappa shape index (κ1) is 14.9. The monoisotopic (exact) mass is 242 g/mol. The molecule has 0 radical (unpaired) electrons. The molecule has 96 valence electrons. The Bertz CT molecular complexity index is 307. The van der Waals surface area contributed by atoms with E-state index in [4.69, 9.17) is 22.3 Å². The lowest BCUT2D eigenvalue weighted by molar-refractivity contribution is -0.137. The molecule has 1 aromatic rings. The fraction of sp³-hybridized carbons (Fsp3) is 0.556. The third-order valence-electron chi connectivity index (χ3n) is 1.68. The highest BCUT2D eigenvalue weighted by Gasteiger charge is 1.94. The van der Waals surface area contributed by atoms with E-state index in [1.54, 1.807) is 0 Å². The van der Waals surface area contributed by atoms with Crippen molar-refractivity contribution in [1.29, 1.82) is 0 Å². The van der Waals surface area contributed by atoms with Crippen LogP contribution in [0, 0.1) is 0 Å². The minimum absolute atomic E-state index is 0.0417. The molecule has 8 nitrogen and oxygen atoms in total. The second-order valence-corrected chi connectivity index (χ2v) is 3.26. The van der Waals surface area contributed by atoms with Crippen LogP contribution in [0.1, 0.15) is 32.6 Å². The Kier molecular flexibility index (Phi) is 7.07. The zero-order chi connectivity index (χ0) is 13.3. The molecule has 1 aromatic heterocycles. The molecule has 0 aromatic carbocycles. The van der Waals surface area contributed by atoms with Crippen LogP contribution in [-0.4, -0.2) is 26.0 Å². The first-order chi connectivity index (χ1) is 7.95. The van der Waals surface area contributed by atoms with Crippen LogP contribution in [0.2, 0.25) is 0 Å². The summed E-state index contributed by atoms with van der Waals surface area (Å²) in [5.41, 5.74) is 15.4. The molecule has 0 bridgehead atoms. The van der Waals surface area contributed by atoms with E-state index in [2.05, 4.69) is 21.9 Å². The lowest BCUT2D eigenvalue weighted by Gasteiger charge is -1.93. The Hall–Kier alpha value is -2.12. The molecule has 1 heterocycles. The van der Waals surface area contributed by atoms with Crippen molar-refractivity contribution in [3.05, 3.63) is 0 Å². The van der Waals surface area contributed by atoms with Gasteiger partial charge < -0.3 is 22.3 Å². The third kappa shape index (κ3) is 8.85. The number of anilines is 3.